The van der Waals surface area contributed by atoms with Crippen molar-refractivity contribution in [2.24, 2.45) is 11.8 Å². The normalized spacial score (nSPS) is 18.0. The van der Waals surface area contributed by atoms with Gasteiger partial charge in [-0.1, -0.05) is 31.7 Å². The van der Waals surface area contributed by atoms with Crippen molar-refractivity contribution in [2.45, 2.75) is 51.0 Å². The lowest BCUT2D eigenvalue weighted by molar-refractivity contribution is 0.319. The van der Waals surface area contributed by atoms with E-state index in [-0.39, 0.29) is 0 Å². The van der Waals surface area contributed by atoms with Gasteiger partial charge in [0.2, 0.25) is 0 Å². The number of methoxy groups -OCH3 is 2. The predicted molar refractivity (Wildman–Crippen MR) is 85.6 cm³/mol. The molecular formula is C17H28N2O2. The molecule has 0 heterocycles. The van der Waals surface area contributed by atoms with Gasteiger partial charge in [-0.3, -0.25) is 11.3 Å². The zero-order valence-corrected chi connectivity index (χ0v) is 13.2. The van der Waals surface area contributed by atoms with Crippen molar-refractivity contribution in [3.05, 3.63) is 23.8 Å². The molecule has 0 aliphatic heterocycles. The molecule has 1 unspecified atom stereocenters. The first kappa shape index (κ1) is 16.1. The summed E-state index contributed by atoms with van der Waals surface area (Å²) in [6.45, 7) is 0. The molecule has 1 aliphatic carbocycles. The second kappa shape index (κ2) is 8.25. The molecule has 1 aromatic rings. The summed E-state index contributed by atoms with van der Waals surface area (Å²) in [6.07, 6.45) is 8.88. The molecule has 1 saturated carbocycles. The van der Waals surface area contributed by atoms with Crippen molar-refractivity contribution < 1.29 is 9.47 Å². The standard InChI is InChI=1S/C17H28N2O2/c1-20-16-10-9-13(12-17(16)21-2)11-15(19-18)14-7-5-3-4-6-8-14/h9-10,12,14-15,19H,3-8,11,18H2,1-2H3. The Balaban J connectivity index is 2.06. The van der Waals surface area contributed by atoms with Gasteiger partial charge in [-0.2, -0.15) is 0 Å². The van der Waals surface area contributed by atoms with Gasteiger partial charge in [0, 0.05) is 6.04 Å². The highest BCUT2D eigenvalue weighted by Gasteiger charge is 2.22. The van der Waals surface area contributed by atoms with Crippen LogP contribution in [0.2, 0.25) is 0 Å². The number of hydrogen-bond donors (Lipinski definition) is 2. The van der Waals surface area contributed by atoms with Crippen molar-refractivity contribution in [3.63, 3.8) is 0 Å². The SMILES string of the molecule is COc1ccc(CC(NN)C2CCCCCC2)cc1OC. The highest BCUT2D eigenvalue weighted by Crippen LogP contribution is 2.30. The molecule has 1 aliphatic rings. The van der Waals surface area contributed by atoms with E-state index in [2.05, 4.69) is 17.6 Å². The van der Waals surface area contributed by atoms with Gasteiger partial charge < -0.3 is 9.47 Å². The first-order valence-corrected chi connectivity index (χ1v) is 7.95. The van der Waals surface area contributed by atoms with E-state index in [0.29, 0.717) is 12.0 Å². The molecule has 0 aromatic heterocycles. The third-order valence-electron chi connectivity index (χ3n) is 4.59. The van der Waals surface area contributed by atoms with Crippen molar-refractivity contribution in [1.82, 2.24) is 5.43 Å². The summed E-state index contributed by atoms with van der Waals surface area (Å²) in [5, 5.41) is 0. The van der Waals surface area contributed by atoms with Crippen LogP contribution in [-0.4, -0.2) is 20.3 Å². The molecule has 0 radical (unpaired) electrons. The minimum absolute atomic E-state index is 0.334. The number of nitrogens with one attached hydrogen (secondary N) is 1. The second-order valence-electron chi connectivity index (χ2n) is 5.92. The van der Waals surface area contributed by atoms with Crippen molar-refractivity contribution in [1.29, 1.82) is 0 Å². The van der Waals surface area contributed by atoms with Gasteiger partial charge in [0.05, 0.1) is 14.2 Å². The molecule has 4 nitrogen and oxygen atoms in total. The molecule has 3 N–H and O–H groups in total. The minimum atomic E-state index is 0.334. The number of nitrogens with two attached hydrogens (primary N) is 1. The Morgan fingerprint density at radius 2 is 1.76 bits per heavy atom. The summed E-state index contributed by atoms with van der Waals surface area (Å²) >= 11 is 0. The van der Waals surface area contributed by atoms with Gasteiger partial charge in [-0.25, -0.2) is 0 Å². The number of hydrazine groups is 1. The van der Waals surface area contributed by atoms with E-state index >= 15 is 0 Å². The lowest BCUT2D eigenvalue weighted by atomic mass is 9.88. The van der Waals surface area contributed by atoms with E-state index in [4.69, 9.17) is 15.3 Å². The van der Waals surface area contributed by atoms with Crippen LogP contribution in [0, 0.1) is 5.92 Å². The Kier molecular flexibility index (Phi) is 6.33. The van der Waals surface area contributed by atoms with E-state index in [0.717, 1.165) is 17.9 Å². The van der Waals surface area contributed by atoms with Gasteiger partial charge in [0.25, 0.3) is 0 Å². The van der Waals surface area contributed by atoms with Gasteiger partial charge in [0.15, 0.2) is 11.5 Å². The molecular weight excluding hydrogens is 264 g/mol. The molecule has 1 aromatic carbocycles. The summed E-state index contributed by atoms with van der Waals surface area (Å²) in [4.78, 5) is 0. The highest BCUT2D eigenvalue weighted by molar-refractivity contribution is 5.43. The van der Waals surface area contributed by atoms with Crippen LogP contribution < -0.4 is 20.7 Å². The van der Waals surface area contributed by atoms with Crippen molar-refractivity contribution >= 4 is 0 Å². The molecule has 2 rings (SSSR count). The van der Waals surface area contributed by atoms with Crippen molar-refractivity contribution in [3.8, 4) is 11.5 Å². The van der Waals surface area contributed by atoms with E-state index in [1.807, 2.05) is 6.07 Å². The molecule has 0 saturated heterocycles. The van der Waals surface area contributed by atoms with E-state index in [1.54, 1.807) is 14.2 Å². The number of hydrogen-bond acceptors (Lipinski definition) is 4. The largest absolute Gasteiger partial charge is 0.493 e. The number of rotatable bonds is 6. The first-order valence-electron chi connectivity index (χ1n) is 7.95. The van der Waals surface area contributed by atoms with Crippen LogP contribution in [0.15, 0.2) is 18.2 Å². The zero-order chi connectivity index (χ0) is 15.1. The molecule has 4 heteroatoms. The first-order chi connectivity index (χ1) is 10.3. The number of benzene rings is 1. The van der Waals surface area contributed by atoms with Crippen LogP contribution in [0.3, 0.4) is 0 Å². The van der Waals surface area contributed by atoms with Gasteiger partial charge in [-0.15, -0.1) is 0 Å². The molecule has 0 bridgehead atoms. The quantitative estimate of drug-likeness (QED) is 0.481. The fourth-order valence-electron chi connectivity index (χ4n) is 3.34. The van der Waals surface area contributed by atoms with Crippen LogP contribution in [-0.2, 0) is 6.42 Å². The summed E-state index contributed by atoms with van der Waals surface area (Å²) < 4.78 is 10.7. The molecule has 118 valence electrons. The van der Waals surface area contributed by atoms with E-state index in [9.17, 15) is 0 Å². The molecule has 1 atom stereocenters. The Hall–Kier alpha value is -1.26. The lowest BCUT2D eigenvalue weighted by Gasteiger charge is -2.26. The Bertz CT molecular complexity index is 429. The number of ether oxygens (including phenoxy) is 2. The Morgan fingerprint density at radius 3 is 2.33 bits per heavy atom. The summed E-state index contributed by atoms with van der Waals surface area (Å²) in [5.74, 6) is 8.05. The molecule has 0 spiro atoms. The van der Waals surface area contributed by atoms with Gasteiger partial charge in [-0.05, 0) is 42.9 Å². The average Bonchev–Trinajstić information content (AvgIpc) is 2.81. The fourth-order valence-corrected chi connectivity index (χ4v) is 3.34. The molecule has 21 heavy (non-hydrogen) atoms. The van der Waals surface area contributed by atoms with Crippen LogP contribution in [0.1, 0.15) is 44.1 Å². The maximum absolute atomic E-state index is 5.82. The van der Waals surface area contributed by atoms with Crippen LogP contribution in [0.5, 0.6) is 11.5 Å². The maximum Gasteiger partial charge on any atom is 0.160 e. The maximum atomic E-state index is 5.82. The monoisotopic (exact) mass is 292 g/mol. The summed E-state index contributed by atoms with van der Waals surface area (Å²) in [6, 6.07) is 6.46. The van der Waals surface area contributed by atoms with Crippen molar-refractivity contribution in [2.75, 3.05) is 14.2 Å². The third kappa shape index (κ3) is 4.35. The van der Waals surface area contributed by atoms with Crippen LogP contribution in [0.4, 0.5) is 0 Å². The lowest BCUT2D eigenvalue weighted by Crippen LogP contribution is -2.42. The second-order valence-corrected chi connectivity index (χ2v) is 5.92. The van der Waals surface area contributed by atoms with Crippen LogP contribution in [0.25, 0.3) is 0 Å². The Labute approximate surface area is 128 Å². The van der Waals surface area contributed by atoms with Gasteiger partial charge >= 0.3 is 0 Å². The minimum Gasteiger partial charge on any atom is -0.493 e. The van der Waals surface area contributed by atoms with E-state index in [1.165, 1.54) is 44.1 Å². The van der Waals surface area contributed by atoms with Gasteiger partial charge in [0.1, 0.15) is 0 Å². The Morgan fingerprint density at radius 1 is 1.10 bits per heavy atom. The average molecular weight is 292 g/mol. The highest BCUT2D eigenvalue weighted by atomic mass is 16.5. The third-order valence-corrected chi connectivity index (χ3v) is 4.59. The fraction of sp³-hybridized carbons (Fsp3) is 0.647. The smallest absolute Gasteiger partial charge is 0.160 e. The summed E-state index contributed by atoms with van der Waals surface area (Å²) in [7, 11) is 3.33. The topological polar surface area (TPSA) is 56.5 Å². The van der Waals surface area contributed by atoms with E-state index < -0.39 is 0 Å². The predicted octanol–water partition coefficient (Wildman–Crippen LogP) is 3.05. The van der Waals surface area contributed by atoms with Crippen LogP contribution >= 0.6 is 0 Å². The zero-order valence-electron chi connectivity index (χ0n) is 13.2. The molecule has 0 amide bonds. The molecule has 1 fully saturated rings. The summed E-state index contributed by atoms with van der Waals surface area (Å²) in [5.41, 5.74) is 4.28.